The number of nitrogens with zero attached hydrogens (tertiary/aromatic N) is 1. The van der Waals surface area contributed by atoms with Crippen LogP contribution in [0.3, 0.4) is 0 Å². The first-order valence-electron chi connectivity index (χ1n) is 9.61. The molecular weight excluding hydrogens is 726 g/mol. The van der Waals surface area contributed by atoms with E-state index in [4.69, 9.17) is 35.5 Å². The van der Waals surface area contributed by atoms with E-state index in [2.05, 4.69) is 15.0 Å². The summed E-state index contributed by atoms with van der Waals surface area (Å²) in [4.78, 5) is 16.2. The summed E-state index contributed by atoms with van der Waals surface area (Å²) in [5, 5.41) is 2.68. The van der Waals surface area contributed by atoms with Gasteiger partial charge < -0.3 is 22.5 Å². The molecule has 0 saturated heterocycles. The van der Waals surface area contributed by atoms with Gasteiger partial charge in [0.1, 0.15) is 0 Å². The molecule has 2 rings (SSSR count). The second-order valence-corrected chi connectivity index (χ2v) is 8.12. The summed E-state index contributed by atoms with van der Waals surface area (Å²) in [5.41, 5.74) is 19.9. The number of benzene rings is 2. The van der Waals surface area contributed by atoms with Crippen molar-refractivity contribution in [2.45, 2.75) is 30.7 Å². The molecule has 0 bridgehead atoms. The summed E-state index contributed by atoms with van der Waals surface area (Å²) >= 11 is 0. The fraction of sp³-hybridized carbons (Fsp3) is 0.300. The van der Waals surface area contributed by atoms with Crippen LogP contribution in [0.2, 0.25) is 0 Å². The number of guanidine groups is 1. The first-order valence-corrected chi connectivity index (χ1v) is 11.1. The monoisotopic (exact) mass is 754 g/mol. The normalized spacial score (nSPS) is 10.2. The molecule has 201 valence electrons. The van der Waals surface area contributed by atoms with Gasteiger partial charge in [-0.05, 0) is 43.2 Å². The zero-order valence-electron chi connectivity index (χ0n) is 19.5. The van der Waals surface area contributed by atoms with Gasteiger partial charge in [0, 0.05) is 74.6 Å². The molecule has 7 N–H and O–H groups in total. The average molecular weight is 755 g/mol. The Bertz CT molecular complexity index is 1000. The number of carbonyl (C=O) groups is 1. The summed E-state index contributed by atoms with van der Waals surface area (Å²) in [7, 11) is -3.24. The average Bonchev–Trinajstić information content (AvgIpc) is 2.87. The topological polar surface area (TPSA) is 163 Å². The number of hydrogen-bond donors (Lipinski definition) is 4. The van der Waals surface area contributed by atoms with Crippen LogP contribution in [-0.4, -0.2) is 40.0 Å². The van der Waals surface area contributed by atoms with Gasteiger partial charge >= 0.3 is 0 Å². The van der Waals surface area contributed by atoms with Crippen molar-refractivity contribution in [2.24, 2.45) is 16.5 Å². The number of anilines is 2. The van der Waals surface area contributed by atoms with E-state index in [1.807, 2.05) is 0 Å². The predicted molar refractivity (Wildman–Crippen MR) is 127 cm³/mol. The molecule has 0 aliphatic carbocycles. The minimum atomic E-state index is -3.74. The molecule has 36 heavy (non-hydrogen) atoms. The number of amides is 1. The molecule has 1 radical (unpaired) electrons. The van der Waals surface area contributed by atoms with Crippen LogP contribution in [0, 0.1) is 51.0 Å². The summed E-state index contributed by atoms with van der Waals surface area (Å²) in [6.45, 7) is 2.13. The Kier molecular flexibility index (Phi) is 23.7. The van der Waals surface area contributed by atoms with Crippen molar-refractivity contribution in [3.63, 3.8) is 0 Å². The molecule has 2 aromatic rings. The summed E-state index contributed by atoms with van der Waals surface area (Å²) in [6, 6.07) is 11.8. The van der Waals surface area contributed by atoms with Crippen molar-refractivity contribution in [2.75, 3.05) is 23.8 Å². The molecule has 9 nitrogen and oxygen atoms in total. The van der Waals surface area contributed by atoms with E-state index in [-0.39, 0.29) is 54.9 Å². The van der Waals surface area contributed by atoms with Crippen molar-refractivity contribution in [3.05, 3.63) is 59.8 Å². The zero-order chi connectivity index (χ0) is 27.4. The Morgan fingerprint density at radius 3 is 2.14 bits per heavy atom. The van der Waals surface area contributed by atoms with E-state index in [0.717, 1.165) is 5.56 Å². The SMILES string of the molecule is CF.Cc1ccc(NS(=O)(=O)c2ccccc2)cc1NC(=O)[C@@H]([NH-])CCCN=C(N)N.FF.FF.[Ac]. The van der Waals surface area contributed by atoms with Crippen LogP contribution in [0.1, 0.15) is 18.4 Å². The molecular formula is C20H28AcF5N6O3S-. The molecule has 16 heteroatoms. The number of carbonyl (C=O) groups excluding carboxylic acids is 1. The van der Waals surface area contributed by atoms with Crippen molar-refractivity contribution in [3.8, 4) is 0 Å². The van der Waals surface area contributed by atoms with Gasteiger partial charge in [0.25, 0.3) is 10.0 Å². The quantitative estimate of drug-likeness (QED) is 0.128. The van der Waals surface area contributed by atoms with Gasteiger partial charge in [-0.3, -0.25) is 18.9 Å². The first-order chi connectivity index (χ1) is 16.7. The number of nitrogens with one attached hydrogen (secondary N) is 3. The maximum absolute atomic E-state index is 12.5. The number of hydrogen-bond acceptors (Lipinski definition) is 4. The summed E-state index contributed by atoms with van der Waals surface area (Å²) in [5.74, 6) is -0.512. The fourth-order valence-corrected chi connectivity index (χ4v) is 3.56. The van der Waals surface area contributed by atoms with Gasteiger partial charge in [-0.1, -0.05) is 36.7 Å². The number of rotatable bonds is 9. The molecule has 0 fully saturated rings. The Balaban J connectivity index is -0.00000144. The molecule has 1 amide bonds. The van der Waals surface area contributed by atoms with Crippen molar-refractivity contribution in [1.82, 2.24) is 0 Å². The molecule has 0 unspecified atom stereocenters. The number of aliphatic imine (C=N–C) groups is 1. The van der Waals surface area contributed by atoms with Crippen LogP contribution in [0.4, 0.5) is 34.1 Å². The van der Waals surface area contributed by atoms with Gasteiger partial charge in [0.05, 0.1) is 17.8 Å². The number of alkyl halides is 1. The van der Waals surface area contributed by atoms with Crippen LogP contribution in [0.15, 0.2) is 58.4 Å². The maximum Gasteiger partial charge on any atom is 0.261 e. The van der Waals surface area contributed by atoms with Gasteiger partial charge in [-0.15, -0.1) is 0 Å². The van der Waals surface area contributed by atoms with E-state index in [1.54, 1.807) is 37.3 Å². The molecule has 0 saturated carbocycles. The van der Waals surface area contributed by atoms with Crippen molar-refractivity contribution < 1.29 is 80.0 Å². The second kappa shape index (κ2) is 22.2. The van der Waals surface area contributed by atoms with Crippen LogP contribution in [0.25, 0.3) is 5.73 Å². The molecule has 2 aromatic carbocycles. The molecule has 0 heterocycles. The molecule has 0 aliphatic heterocycles. The Morgan fingerprint density at radius 1 is 1.06 bits per heavy atom. The summed E-state index contributed by atoms with van der Waals surface area (Å²) < 4.78 is 68.9. The van der Waals surface area contributed by atoms with Gasteiger partial charge in [0.15, 0.2) is 5.96 Å². The molecule has 0 aliphatic rings. The maximum atomic E-state index is 12.5. The van der Waals surface area contributed by atoms with Gasteiger partial charge in [0.2, 0.25) is 5.91 Å². The number of aryl methyl sites for hydroxylation is 1. The van der Waals surface area contributed by atoms with Crippen molar-refractivity contribution >= 4 is 33.3 Å². The largest absolute Gasteiger partial charge is 0.667 e. The summed E-state index contributed by atoms with van der Waals surface area (Å²) in [6.07, 6.45) is 0.789. The minimum Gasteiger partial charge on any atom is -0.667 e. The van der Waals surface area contributed by atoms with E-state index in [1.165, 1.54) is 18.2 Å². The van der Waals surface area contributed by atoms with Crippen LogP contribution >= 0.6 is 0 Å². The first kappa shape index (κ1) is 38.5. The second-order valence-electron chi connectivity index (χ2n) is 6.44. The fourth-order valence-electron chi connectivity index (χ4n) is 2.49. The Morgan fingerprint density at radius 2 is 1.61 bits per heavy atom. The third kappa shape index (κ3) is 15.2. The van der Waals surface area contributed by atoms with E-state index >= 15 is 0 Å². The van der Waals surface area contributed by atoms with E-state index < -0.39 is 22.0 Å². The Hall–Kier alpha value is -2.02. The van der Waals surface area contributed by atoms with Gasteiger partial charge in [-0.2, -0.15) is 0 Å². The molecule has 1 atom stereocenters. The molecule has 0 spiro atoms. The van der Waals surface area contributed by atoms with Crippen molar-refractivity contribution in [1.29, 1.82) is 0 Å². The van der Waals surface area contributed by atoms with E-state index in [0.29, 0.717) is 37.9 Å². The Labute approximate surface area is 242 Å². The third-order valence-corrected chi connectivity index (χ3v) is 5.46. The standard InChI is InChI=1S/C19H25N6O3S.CH3F.Ac.2F2/c1-13-9-10-14(25-29(27,28)15-6-3-2-4-7-15)12-17(13)24-18(26)16(20)8-5-11-23-19(21)22;1-2;;2*1-2/h2-4,6-7,9-10,12,16,20,25H,5,8,11H2,1H3,(H,24,26)(H4,21,22,23);1H3;;;/q-1;;;;/t16-;;;;/m0..../s1. The smallest absolute Gasteiger partial charge is 0.261 e. The van der Waals surface area contributed by atoms with Crippen LogP contribution < -0.4 is 21.5 Å². The number of halogens is 5. The number of sulfonamides is 1. The van der Waals surface area contributed by atoms with Crippen LogP contribution in [-0.2, 0) is 14.8 Å². The minimum absolute atomic E-state index is 0. The third-order valence-electron chi connectivity index (χ3n) is 4.06. The number of nitrogens with two attached hydrogens (primary N) is 2. The zero-order valence-corrected chi connectivity index (χ0v) is 25.1. The van der Waals surface area contributed by atoms with E-state index in [9.17, 15) is 17.6 Å². The van der Waals surface area contributed by atoms with Crippen LogP contribution in [0.5, 0.6) is 0 Å². The molecule has 0 aromatic heterocycles. The van der Waals surface area contributed by atoms with Gasteiger partial charge in [-0.25, -0.2) is 8.42 Å². The predicted octanol–water partition coefficient (Wildman–Crippen LogP) is 4.48.